The van der Waals surface area contributed by atoms with Crippen LogP contribution in [-0.2, 0) is 6.42 Å². The first kappa shape index (κ1) is 12.7. The maximum absolute atomic E-state index is 6.02. The molecule has 5 nitrogen and oxygen atoms in total. The Kier molecular flexibility index (Phi) is 2.99. The van der Waals surface area contributed by atoms with Crippen molar-refractivity contribution in [1.29, 1.82) is 0 Å². The second-order valence-corrected chi connectivity index (χ2v) is 5.66. The predicted octanol–water partition coefficient (Wildman–Crippen LogP) is 2.30. The number of fused-ring (bicyclic) bond motifs is 1. The number of aromatic amines is 1. The van der Waals surface area contributed by atoms with Crippen molar-refractivity contribution in [2.24, 2.45) is 5.73 Å². The highest BCUT2D eigenvalue weighted by Gasteiger charge is 2.14. The van der Waals surface area contributed by atoms with Crippen molar-refractivity contribution in [2.45, 2.75) is 25.8 Å². The smallest absolute Gasteiger partial charge is 0.130 e. The predicted molar refractivity (Wildman–Crippen MR) is 79.1 cm³/mol. The minimum Gasteiger partial charge on any atom is -0.345 e. The van der Waals surface area contributed by atoms with E-state index >= 15 is 0 Å². The molecule has 20 heavy (non-hydrogen) atoms. The van der Waals surface area contributed by atoms with E-state index in [0.29, 0.717) is 6.42 Å². The van der Waals surface area contributed by atoms with E-state index in [1.54, 1.807) is 12.5 Å². The number of rotatable bonds is 3. The lowest BCUT2D eigenvalue weighted by molar-refractivity contribution is 0.502. The molecule has 2 heterocycles. The zero-order valence-corrected chi connectivity index (χ0v) is 11.6. The fourth-order valence-corrected chi connectivity index (χ4v) is 2.15. The standard InChI is InChI=1S/C15H17N5/c1-15(2,16)8-14-17-6-5-11(20-14)10-3-4-12-13(7-10)19-9-18-12/h3-7,9H,8,16H2,1-2H3,(H,18,19). The number of aromatic nitrogens is 4. The highest BCUT2D eigenvalue weighted by Crippen LogP contribution is 2.21. The van der Waals surface area contributed by atoms with Gasteiger partial charge in [-0.05, 0) is 32.0 Å². The number of benzene rings is 1. The number of hydrogen-bond donors (Lipinski definition) is 2. The normalized spacial score (nSPS) is 11.9. The first-order valence-corrected chi connectivity index (χ1v) is 6.56. The van der Waals surface area contributed by atoms with Gasteiger partial charge in [-0.2, -0.15) is 0 Å². The molecule has 5 heteroatoms. The van der Waals surface area contributed by atoms with Crippen LogP contribution in [-0.4, -0.2) is 25.5 Å². The summed E-state index contributed by atoms with van der Waals surface area (Å²) in [4.78, 5) is 16.2. The van der Waals surface area contributed by atoms with E-state index in [-0.39, 0.29) is 5.54 Å². The number of hydrogen-bond acceptors (Lipinski definition) is 4. The molecule has 0 saturated heterocycles. The monoisotopic (exact) mass is 267 g/mol. The SMILES string of the molecule is CC(C)(N)Cc1nccc(-c2ccc3nc[nH]c3c2)n1. The van der Waals surface area contributed by atoms with E-state index in [1.165, 1.54) is 0 Å². The molecule has 2 aromatic heterocycles. The van der Waals surface area contributed by atoms with E-state index < -0.39 is 0 Å². The van der Waals surface area contributed by atoms with E-state index in [0.717, 1.165) is 28.1 Å². The van der Waals surface area contributed by atoms with Gasteiger partial charge in [0.05, 0.1) is 23.1 Å². The third-order valence-corrected chi connectivity index (χ3v) is 3.04. The van der Waals surface area contributed by atoms with Crippen molar-refractivity contribution in [1.82, 2.24) is 19.9 Å². The van der Waals surface area contributed by atoms with Crippen LogP contribution in [0.15, 0.2) is 36.8 Å². The molecular formula is C15H17N5. The third kappa shape index (κ3) is 2.67. The zero-order chi connectivity index (χ0) is 14.2. The average Bonchev–Trinajstić information content (AvgIpc) is 2.84. The van der Waals surface area contributed by atoms with Crippen LogP contribution in [0.5, 0.6) is 0 Å². The van der Waals surface area contributed by atoms with Gasteiger partial charge in [0, 0.05) is 23.7 Å². The largest absolute Gasteiger partial charge is 0.345 e. The van der Waals surface area contributed by atoms with Crippen LogP contribution in [0.1, 0.15) is 19.7 Å². The van der Waals surface area contributed by atoms with Gasteiger partial charge in [-0.3, -0.25) is 0 Å². The zero-order valence-electron chi connectivity index (χ0n) is 11.6. The van der Waals surface area contributed by atoms with Crippen LogP contribution < -0.4 is 5.73 Å². The molecule has 0 radical (unpaired) electrons. The maximum atomic E-state index is 6.02. The molecular weight excluding hydrogens is 250 g/mol. The summed E-state index contributed by atoms with van der Waals surface area (Å²) in [7, 11) is 0. The number of nitrogens with zero attached hydrogens (tertiary/aromatic N) is 3. The summed E-state index contributed by atoms with van der Waals surface area (Å²) in [6.07, 6.45) is 4.12. The molecule has 102 valence electrons. The Hall–Kier alpha value is -2.27. The van der Waals surface area contributed by atoms with Gasteiger partial charge in [0.25, 0.3) is 0 Å². The molecule has 0 aliphatic carbocycles. The first-order valence-electron chi connectivity index (χ1n) is 6.56. The minimum absolute atomic E-state index is 0.314. The molecule has 0 saturated carbocycles. The number of nitrogens with two attached hydrogens (primary N) is 1. The van der Waals surface area contributed by atoms with Gasteiger partial charge < -0.3 is 10.7 Å². The molecule has 0 atom stereocenters. The van der Waals surface area contributed by atoms with E-state index in [9.17, 15) is 0 Å². The molecule has 0 aliphatic rings. The number of imidazole rings is 1. The Morgan fingerprint density at radius 3 is 2.85 bits per heavy atom. The summed E-state index contributed by atoms with van der Waals surface area (Å²) in [5.74, 6) is 0.764. The molecule has 0 aliphatic heterocycles. The maximum Gasteiger partial charge on any atom is 0.130 e. The second-order valence-electron chi connectivity index (χ2n) is 5.66. The highest BCUT2D eigenvalue weighted by molar-refractivity contribution is 5.80. The van der Waals surface area contributed by atoms with E-state index in [2.05, 4.69) is 19.9 Å². The fraction of sp³-hybridized carbons (Fsp3) is 0.267. The Balaban J connectivity index is 1.98. The van der Waals surface area contributed by atoms with Gasteiger partial charge in [-0.1, -0.05) is 6.07 Å². The fourth-order valence-electron chi connectivity index (χ4n) is 2.15. The Morgan fingerprint density at radius 2 is 2.05 bits per heavy atom. The van der Waals surface area contributed by atoms with Crippen LogP contribution in [0.4, 0.5) is 0 Å². The summed E-state index contributed by atoms with van der Waals surface area (Å²) < 4.78 is 0. The van der Waals surface area contributed by atoms with E-state index in [4.69, 9.17) is 5.73 Å². The van der Waals surface area contributed by atoms with Gasteiger partial charge in [0.2, 0.25) is 0 Å². The van der Waals surface area contributed by atoms with Crippen molar-refractivity contribution in [2.75, 3.05) is 0 Å². The lowest BCUT2D eigenvalue weighted by atomic mass is 10.0. The van der Waals surface area contributed by atoms with Gasteiger partial charge in [0.15, 0.2) is 0 Å². The highest BCUT2D eigenvalue weighted by atomic mass is 14.9. The molecule has 3 aromatic rings. The average molecular weight is 267 g/mol. The van der Waals surface area contributed by atoms with E-state index in [1.807, 2.05) is 38.1 Å². The van der Waals surface area contributed by atoms with Crippen molar-refractivity contribution in [3.05, 3.63) is 42.6 Å². The van der Waals surface area contributed by atoms with Crippen molar-refractivity contribution in [3.8, 4) is 11.3 Å². The first-order chi connectivity index (χ1) is 9.51. The molecule has 0 fully saturated rings. The van der Waals surface area contributed by atoms with Crippen LogP contribution in [0.25, 0.3) is 22.3 Å². The molecule has 0 spiro atoms. The van der Waals surface area contributed by atoms with Crippen LogP contribution >= 0.6 is 0 Å². The van der Waals surface area contributed by atoms with Crippen LogP contribution in [0.3, 0.4) is 0 Å². The molecule has 0 amide bonds. The Labute approximate surface area is 117 Å². The number of nitrogens with one attached hydrogen (secondary N) is 1. The van der Waals surface area contributed by atoms with Gasteiger partial charge >= 0.3 is 0 Å². The Morgan fingerprint density at radius 1 is 1.20 bits per heavy atom. The molecule has 0 bridgehead atoms. The topological polar surface area (TPSA) is 80.5 Å². The van der Waals surface area contributed by atoms with Gasteiger partial charge in [-0.15, -0.1) is 0 Å². The lowest BCUT2D eigenvalue weighted by Gasteiger charge is -2.17. The molecule has 0 unspecified atom stereocenters. The third-order valence-electron chi connectivity index (χ3n) is 3.04. The van der Waals surface area contributed by atoms with Crippen molar-refractivity contribution >= 4 is 11.0 Å². The summed E-state index contributed by atoms with van der Waals surface area (Å²) >= 11 is 0. The quantitative estimate of drug-likeness (QED) is 0.763. The van der Waals surface area contributed by atoms with Gasteiger partial charge in [-0.25, -0.2) is 15.0 Å². The molecule has 3 rings (SSSR count). The summed E-state index contributed by atoms with van der Waals surface area (Å²) in [5.41, 5.74) is 9.60. The lowest BCUT2D eigenvalue weighted by Crippen LogP contribution is -2.35. The van der Waals surface area contributed by atoms with Gasteiger partial charge in [0.1, 0.15) is 5.82 Å². The Bertz CT molecular complexity index is 739. The summed E-state index contributed by atoms with van der Waals surface area (Å²) in [6.45, 7) is 3.94. The van der Waals surface area contributed by atoms with Crippen LogP contribution in [0.2, 0.25) is 0 Å². The van der Waals surface area contributed by atoms with Crippen LogP contribution in [0, 0.1) is 0 Å². The second kappa shape index (κ2) is 4.68. The van der Waals surface area contributed by atoms with Crippen molar-refractivity contribution in [3.63, 3.8) is 0 Å². The molecule has 3 N–H and O–H groups in total. The number of H-pyrrole nitrogens is 1. The minimum atomic E-state index is -0.314. The van der Waals surface area contributed by atoms with Crippen molar-refractivity contribution < 1.29 is 0 Å². The molecule has 1 aromatic carbocycles. The summed E-state index contributed by atoms with van der Waals surface area (Å²) in [6, 6.07) is 7.95. The summed E-state index contributed by atoms with van der Waals surface area (Å²) in [5, 5.41) is 0.